The summed E-state index contributed by atoms with van der Waals surface area (Å²) >= 11 is 11.7. The maximum absolute atomic E-state index is 11.7. The molecule has 0 radical (unpaired) electrons. The number of carbonyl (C=O) groups excluding carboxylic acids is 1. The third-order valence-corrected chi connectivity index (χ3v) is 2.99. The van der Waals surface area contributed by atoms with Crippen LogP contribution in [0.1, 0.15) is 12.0 Å². The smallest absolute Gasteiger partial charge is 0.326 e. The van der Waals surface area contributed by atoms with E-state index >= 15 is 0 Å². The fourth-order valence-electron chi connectivity index (χ4n) is 1.47. The van der Waals surface area contributed by atoms with Crippen molar-refractivity contribution in [2.45, 2.75) is 18.9 Å². The van der Waals surface area contributed by atoms with Crippen LogP contribution in [0.15, 0.2) is 30.9 Å². The molecule has 2 N–H and O–H groups in total. The molecule has 0 aliphatic carbocycles. The molecule has 19 heavy (non-hydrogen) atoms. The Bertz CT molecular complexity index is 503. The minimum absolute atomic E-state index is 0.00305. The van der Waals surface area contributed by atoms with Crippen molar-refractivity contribution in [1.82, 2.24) is 5.32 Å². The average Bonchev–Trinajstić information content (AvgIpc) is 2.32. The Morgan fingerprint density at radius 2 is 2.11 bits per heavy atom. The quantitative estimate of drug-likeness (QED) is 0.794. The van der Waals surface area contributed by atoms with Gasteiger partial charge in [0.25, 0.3) is 0 Å². The zero-order valence-electron chi connectivity index (χ0n) is 10.0. The highest BCUT2D eigenvalue weighted by Crippen LogP contribution is 2.21. The SMILES string of the molecule is C=CCC(NC(=O)Cc1ccc(Cl)cc1Cl)C(=O)O. The van der Waals surface area contributed by atoms with E-state index in [0.29, 0.717) is 15.6 Å². The van der Waals surface area contributed by atoms with Gasteiger partial charge in [-0.25, -0.2) is 4.79 Å². The van der Waals surface area contributed by atoms with Gasteiger partial charge in [-0.2, -0.15) is 0 Å². The Morgan fingerprint density at radius 1 is 1.42 bits per heavy atom. The van der Waals surface area contributed by atoms with Gasteiger partial charge in [0.05, 0.1) is 6.42 Å². The van der Waals surface area contributed by atoms with Crippen molar-refractivity contribution < 1.29 is 14.7 Å². The Labute approximate surface area is 121 Å². The highest BCUT2D eigenvalue weighted by Gasteiger charge is 2.18. The highest BCUT2D eigenvalue weighted by atomic mass is 35.5. The summed E-state index contributed by atoms with van der Waals surface area (Å²) in [4.78, 5) is 22.6. The van der Waals surface area contributed by atoms with Crippen molar-refractivity contribution in [3.8, 4) is 0 Å². The van der Waals surface area contributed by atoms with Gasteiger partial charge in [0.1, 0.15) is 6.04 Å². The van der Waals surface area contributed by atoms with E-state index in [1.165, 1.54) is 12.1 Å². The molecule has 1 aromatic rings. The van der Waals surface area contributed by atoms with Gasteiger partial charge >= 0.3 is 5.97 Å². The second kappa shape index (κ2) is 7.16. The fraction of sp³-hybridized carbons (Fsp3) is 0.231. The van der Waals surface area contributed by atoms with Gasteiger partial charge in [-0.3, -0.25) is 4.79 Å². The maximum atomic E-state index is 11.7. The average molecular weight is 302 g/mol. The van der Waals surface area contributed by atoms with E-state index in [1.54, 1.807) is 12.1 Å². The van der Waals surface area contributed by atoms with E-state index < -0.39 is 17.9 Å². The third-order valence-electron chi connectivity index (χ3n) is 2.40. The van der Waals surface area contributed by atoms with Crippen molar-refractivity contribution >= 4 is 35.1 Å². The van der Waals surface area contributed by atoms with Crippen molar-refractivity contribution in [3.05, 3.63) is 46.5 Å². The number of hydrogen-bond donors (Lipinski definition) is 2. The lowest BCUT2D eigenvalue weighted by atomic mass is 10.1. The molecule has 0 saturated carbocycles. The van der Waals surface area contributed by atoms with Crippen molar-refractivity contribution in [2.24, 2.45) is 0 Å². The van der Waals surface area contributed by atoms with Crippen LogP contribution >= 0.6 is 23.2 Å². The van der Waals surface area contributed by atoms with E-state index in [9.17, 15) is 9.59 Å². The molecule has 1 rings (SSSR count). The zero-order chi connectivity index (χ0) is 14.4. The van der Waals surface area contributed by atoms with Crippen LogP contribution in [-0.2, 0) is 16.0 Å². The Kier molecular flexibility index (Phi) is 5.86. The summed E-state index contributed by atoms with van der Waals surface area (Å²) in [5.41, 5.74) is 0.589. The van der Waals surface area contributed by atoms with Crippen molar-refractivity contribution in [2.75, 3.05) is 0 Å². The molecule has 1 amide bonds. The molecule has 102 valence electrons. The highest BCUT2D eigenvalue weighted by molar-refractivity contribution is 6.35. The molecule has 0 aromatic heterocycles. The second-order valence-corrected chi connectivity index (χ2v) is 4.74. The second-order valence-electron chi connectivity index (χ2n) is 3.90. The minimum atomic E-state index is -1.10. The number of benzene rings is 1. The van der Waals surface area contributed by atoms with Crippen molar-refractivity contribution in [3.63, 3.8) is 0 Å². The summed E-state index contributed by atoms with van der Waals surface area (Å²) in [6, 6.07) is 3.81. The Morgan fingerprint density at radius 3 is 2.63 bits per heavy atom. The first-order chi connectivity index (χ1) is 8.93. The van der Waals surface area contributed by atoms with E-state index in [4.69, 9.17) is 28.3 Å². The van der Waals surface area contributed by atoms with Crippen LogP contribution in [0.4, 0.5) is 0 Å². The molecule has 1 atom stereocenters. The maximum Gasteiger partial charge on any atom is 0.326 e. The van der Waals surface area contributed by atoms with Gasteiger partial charge < -0.3 is 10.4 Å². The first kappa shape index (κ1) is 15.5. The predicted molar refractivity (Wildman–Crippen MR) is 74.5 cm³/mol. The molecule has 0 aliphatic rings. The summed E-state index contributed by atoms with van der Waals surface area (Å²) in [5, 5.41) is 12.2. The van der Waals surface area contributed by atoms with E-state index in [2.05, 4.69) is 11.9 Å². The molecule has 0 spiro atoms. The van der Waals surface area contributed by atoms with Gasteiger partial charge in [0, 0.05) is 10.0 Å². The molecule has 0 bridgehead atoms. The fourth-order valence-corrected chi connectivity index (χ4v) is 1.95. The molecular weight excluding hydrogens is 289 g/mol. The molecular formula is C13H13Cl2NO3. The number of carboxylic acid groups (broad SMARTS) is 1. The van der Waals surface area contributed by atoms with Crippen LogP contribution in [0.25, 0.3) is 0 Å². The number of rotatable bonds is 6. The molecule has 0 saturated heterocycles. The summed E-state index contributed by atoms with van der Waals surface area (Å²) in [6.45, 7) is 3.45. The molecule has 1 aromatic carbocycles. The predicted octanol–water partition coefficient (Wildman–Crippen LogP) is 2.68. The van der Waals surface area contributed by atoms with E-state index in [-0.39, 0.29) is 12.8 Å². The van der Waals surface area contributed by atoms with Gasteiger partial charge in [0.15, 0.2) is 0 Å². The van der Waals surface area contributed by atoms with Crippen LogP contribution in [0, 0.1) is 0 Å². The van der Waals surface area contributed by atoms with Gasteiger partial charge in [-0.05, 0) is 24.1 Å². The zero-order valence-corrected chi connectivity index (χ0v) is 11.5. The first-order valence-electron chi connectivity index (χ1n) is 5.51. The largest absolute Gasteiger partial charge is 0.480 e. The van der Waals surface area contributed by atoms with Crippen LogP contribution in [0.5, 0.6) is 0 Å². The number of halogens is 2. The van der Waals surface area contributed by atoms with Gasteiger partial charge in [-0.15, -0.1) is 6.58 Å². The van der Waals surface area contributed by atoms with Crippen LogP contribution in [0.3, 0.4) is 0 Å². The number of nitrogens with one attached hydrogen (secondary N) is 1. The lowest BCUT2D eigenvalue weighted by Gasteiger charge is -2.13. The normalized spacial score (nSPS) is 11.7. The van der Waals surface area contributed by atoms with Crippen LogP contribution in [0.2, 0.25) is 10.0 Å². The van der Waals surface area contributed by atoms with E-state index in [0.717, 1.165) is 0 Å². The monoisotopic (exact) mass is 301 g/mol. The number of carbonyl (C=O) groups is 2. The molecule has 4 nitrogen and oxygen atoms in total. The van der Waals surface area contributed by atoms with Crippen LogP contribution < -0.4 is 5.32 Å². The van der Waals surface area contributed by atoms with Crippen molar-refractivity contribution in [1.29, 1.82) is 0 Å². The number of carboxylic acids is 1. The summed E-state index contributed by atoms with van der Waals surface area (Å²) < 4.78 is 0. The first-order valence-corrected chi connectivity index (χ1v) is 6.26. The minimum Gasteiger partial charge on any atom is -0.480 e. The number of amides is 1. The molecule has 0 heterocycles. The number of hydrogen-bond acceptors (Lipinski definition) is 2. The molecule has 0 aliphatic heterocycles. The molecule has 6 heteroatoms. The Balaban J connectivity index is 2.68. The Hall–Kier alpha value is -1.52. The van der Waals surface area contributed by atoms with Gasteiger partial charge in [0.2, 0.25) is 5.91 Å². The van der Waals surface area contributed by atoms with E-state index in [1.807, 2.05) is 0 Å². The third kappa shape index (κ3) is 4.93. The molecule has 1 unspecified atom stereocenters. The summed E-state index contributed by atoms with van der Waals surface area (Å²) in [6.07, 6.45) is 1.60. The topological polar surface area (TPSA) is 66.4 Å². The number of aliphatic carboxylic acids is 1. The lowest BCUT2D eigenvalue weighted by molar-refractivity contribution is -0.141. The van der Waals surface area contributed by atoms with Gasteiger partial charge in [-0.1, -0.05) is 35.3 Å². The lowest BCUT2D eigenvalue weighted by Crippen LogP contribution is -2.41. The summed E-state index contributed by atoms with van der Waals surface area (Å²) in [7, 11) is 0. The van der Waals surface area contributed by atoms with Crippen LogP contribution in [-0.4, -0.2) is 23.0 Å². The molecule has 0 fully saturated rings. The standard InChI is InChI=1S/C13H13Cl2NO3/c1-2-3-11(13(18)19)16-12(17)6-8-4-5-9(14)7-10(8)15/h2,4-5,7,11H,1,3,6H2,(H,16,17)(H,18,19). The summed E-state index contributed by atoms with van der Waals surface area (Å²) in [5.74, 6) is -1.52.